The molecule has 136 valence electrons. The molecule has 0 aliphatic carbocycles. The molecular weight excluding hydrogens is 325 g/mol. The van der Waals surface area contributed by atoms with Crippen LogP contribution in [0.3, 0.4) is 0 Å². The van der Waals surface area contributed by atoms with Crippen LogP contribution >= 0.6 is 0 Å². The van der Waals surface area contributed by atoms with Crippen LogP contribution in [0, 0.1) is 6.92 Å². The SMILES string of the molecule is Cc1ccc2c(c1)c1c(n2CC(C)(F)c2ccncc2)CCN(C)CC1. The number of hydrogen-bond donors (Lipinski definition) is 0. The molecule has 4 heteroatoms. The summed E-state index contributed by atoms with van der Waals surface area (Å²) in [7, 11) is 2.17. The Hall–Kier alpha value is -2.20. The maximum atomic E-state index is 15.7. The zero-order valence-electron chi connectivity index (χ0n) is 15.8. The Morgan fingerprint density at radius 1 is 1.12 bits per heavy atom. The number of alkyl halides is 1. The molecule has 3 nitrogen and oxygen atoms in total. The minimum absolute atomic E-state index is 0.329. The molecule has 2 aromatic heterocycles. The molecule has 0 saturated carbocycles. The predicted octanol–water partition coefficient (Wildman–Crippen LogP) is 4.26. The molecular formula is C22H26FN3. The molecule has 1 aliphatic heterocycles. The van der Waals surface area contributed by atoms with Gasteiger partial charge in [0.15, 0.2) is 5.67 Å². The predicted molar refractivity (Wildman–Crippen MR) is 104 cm³/mol. The van der Waals surface area contributed by atoms with Gasteiger partial charge in [-0.3, -0.25) is 4.98 Å². The van der Waals surface area contributed by atoms with Gasteiger partial charge in [-0.05, 0) is 62.7 Å². The summed E-state index contributed by atoms with van der Waals surface area (Å²) in [4.78, 5) is 6.39. The molecule has 0 spiro atoms. The Bertz CT molecular complexity index is 927. The Labute approximate surface area is 154 Å². The Morgan fingerprint density at radius 3 is 2.62 bits per heavy atom. The molecule has 1 atom stereocenters. The van der Waals surface area contributed by atoms with Crippen LogP contribution in [-0.2, 0) is 25.1 Å². The van der Waals surface area contributed by atoms with E-state index in [9.17, 15) is 0 Å². The lowest BCUT2D eigenvalue weighted by molar-refractivity contribution is 0.162. The number of aromatic nitrogens is 2. The number of pyridine rings is 1. The van der Waals surface area contributed by atoms with Crippen molar-refractivity contribution >= 4 is 10.9 Å². The van der Waals surface area contributed by atoms with Crippen LogP contribution in [0.5, 0.6) is 0 Å². The van der Waals surface area contributed by atoms with Crippen molar-refractivity contribution in [1.82, 2.24) is 14.5 Å². The van der Waals surface area contributed by atoms with Gasteiger partial charge in [0.25, 0.3) is 0 Å². The van der Waals surface area contributed by atoms with Crippen LogP contribution < -0.4 is 0 Å². The third kappa shape index (κ3) is 3.03. The smallest absolute Gasteiger partial charge is 0.151 e. The van der Waals surface area contributed by atoms with Gasteiger partial charge in [0, 0.05) is 48.5 Å². The summed E-state index contributed by atoms with van der Waals surface area (Å²) in [6, 6.07) is 10.1. The van der Waals surface area contributed by atoms with Crippen LogP contribution in [0.2, 0.25) is 0 Å². The second kappa shape index (κ2) is 6.51. The summed E-state index contributed by atoms with van der Waals surface area (Å²) in [6.45, 7) is 6.20. The van der Waals surface area contributed by atoms with E-state index in [0.29, 0.717) is 12.1 Å². The lowest BCUT2D eigenvalue weighted by Crippen LogP contribution is -2.25. The first-order chi connectivity index (χ1) is 12.5. The van der Waals surface area contributed by atoms with Crippen molar-refractivity contribution in [3.63, 3.8) is 0 Å². The molecule has 4 rings (SSSR count). The van der Waals surface area contributed by atoms with E-state index in [0.717, 1.165) is 31.4 Å². The van der Waals surface area contributed by atoms with Crippen molar-refractivity contribution in [1.29, 1.82) is 0 Å². The van der Waals surface area contributed by atoms with E-state index in [1.54, 1.807) is 31.5 Å². The van der Waals surface area contributed by atoms with Crippen molar-refractivity contribution in [3.8, 4) is 0 Å². The van der Waals surface area contributed by atoms with Crippen LogP contribution in [-0.4, -0.2) is 34.6 Å². The van der Waals surface area contributed by atoms with Gasteiger partial charge in [0.1, 0.15) is 0 Å². The highest BCUT2D eigenvalue weighted by atomic mass is 19.1. The quantitative estimate of drug-likeness (QED) is 0.703. The molecule has 26 heavy (non-hydrogen) atoms. The number of benzene rings is 1. The van der Waals surface area contributed by atoms with E-state index in [2.05, 4.69) is 46.6 Å². The number of fused-ring (bicyclic) bond motifs is 3. The molecule has 0 radical (unpaired) electrons. The van der Waals surface area contributed by atoms with Gasteiger partial charge < -0.3 is 9.47 Å². The maximum Gasteiger partial charge on any atom is 0.151 e. The molecule has 1 aliphatic rings. The van der Waals surface area contributed by atoms with Gasteiger partial charge in [-0.15, -0.1) is 0 Å². The zero-order chi connectivity index (χ0) is 18.3. The summed E-state index contributed by atoms with van der Waals surface area (Å²) < 4.78 is 17.9. The van der Waals surface area contributed by atoms with E-state index < -0.39 is 5.67 Å². The Kier molecular flexibility index (Phi) is 4.31. The van der Waals surface area contributed by atoms with Crippen molar-refractivity contribution in [2.24, 2.45) is 0 Å². The van der Waals surface area contributed by atoms with Crippen LogP contribution in [0.15, 0.2) is 42.7 Å². The van der Waals surface area contributed by atoms with Crippen molar-refractivity contribution < 1.29 is 4.39 Å². The highest BCUT2D eigenvalue weighted by molar-refractivity contribution is 5.86. The molecule has 0 saturated heterocycles. The minimum Gasteiger partial charge on any atom is -0.341 e. The molecule has 0 bridgehead atoms. The second-order valence-corrected chi connectivity index (χ2v) is 7.77. The summed E-state index contributed by atoms with van der Waals surface area (Å²) >= 11 is 0. The van der Waals surface area contributed by atoms with Gasteiger partial charge in [0.05, 0.1) is 6.54 Å². The van der Waals surface area contributed by atoms with E-state index in [1.165, 1.54) is 22.2 Å². The topological polar surface area (TPSA) is 21.1 Å². The van der Waals surface area contributed by atoms with Gasteiger partial charge >= 0.3 is 0 Å². The number of aryl methyl sites for hydroxylation is 1. The number of rotatable bonds is 3. The fourth-order valence-corrected chi connectivity index (χ4v) is 4.14. The monoisotopic (exact) mass is 351 g/mol. The van der Waals surface area contributed by atoms with Crippen LogP contribution in [0.4, 0.5) is 4.39 Å². The minimum atomic E-state index is -1.44. The first kappa shape index (κ1) is 17.2. The summed E-state index contributed by atoms with van der Waals surface area (Å²) in [5, 5.41) is 1.29. The molecule has 3 heterocycles. The normalized spacial score (nSPS) is 17.7. The number of nitrogens with zero attached hydrogens (tertiary/aromatic N) is 3. The molecule has 1 unspecified atom stereocenters. The molecule has 3 aromatic rings. The van der Waals surface area contributed by atoms with Crippen LogP contribution in [0.25, 0.3) is 10.9 Å². The van der Waals surface area contributed by atoms with Crippen molar-refractivity contribution in [3.05, 3.63) is 65.1 Å². The van der Waals surface area contributed by atoms with E-state index in [-0.39, 0.29) is 0 Å². The molecule has 0 N–H and O–H groups in total. The zero-order valence-corrected chi connectivity index (χ0v) is 15.8. The summed E-state index contributed by atoms with van der Waals surface area (Å²) in [5.41, 5.74) is 4.36. The lowest BCUT2D eigenvalue weighted by atomic mass is 9.99. The molecule has 0 amide bonds. The first-order valence-electron chi connectivity index (χ1n) is 9.34. The van der Waals surface area contributed by atoms with Crippen molar-refractivity contribution in [2.45, 2.75) is 38.9 Å². The van der Waals surface area contributed by atoms with Gasteiger partial charge in [-0.25, -0.2) is 4.39 Å². The Morgan fingerprint density at radius 2 is 1.85 bits per heavy atom. The third-order valence-electron chi connectivity index (χ3n) is 5.65. The highest BCUT2D eigenvalue weighted by Crippen LogP contribution is 2.34. The average Bonchev–Trinajstić information content (AvgIpc) is 2.76. The number of halogens is 1. The first-order valence-corrected chi connectivity index (χ1v) is 9.34. The van der Waals surface area contributed by atoms with E-state index >= 15 is 4.39 Å². The van der Waals surface area contributed by atoms with Crippen molar-refractivity contribution in [2.75, 3.05) is 20.1 Å². The molecule has 1 aromatic carbocycles. The standard InChI is InChI=1S/C22H26FN3/c1-16-4-5-20-19(14-16)18-8-12-25(3)13-9-21(18)26(20)15-22(2,23)17-6-10-24-11-7-17/h4-7,10-11,14H,8-9,12-13,15H2,1-3H3. The fraction of sp³-hybridized carbons (Fsp3) is 0.409. The summed E-state index contributed by atoms with van der Waals surface area (Å²) in [5.74, 6) is 0. The molecule has 0 fully saturated rings. The largest absolute Gasteiger partial charge is 0.341 e. The van der Waals surface area contributed by atoms with Gasteiger partial charge in [-0.2, -0.15) is 0 Å². The average molecular weight is 351 g/mol. The Balaban J connectivity index is 1.84. The number of hydrogen-bond acceptors (Lipinski definition) is 2. The maximum absolute atomic E-state index is 15.7. The highest BCUT2D eigenvalue weighted by Gasteiger charge is 2.30. The fourth-order valence-electron chi connectivity index (χ4n) is 4.14. The summed E-state index contributed by atoms with van der Waals surface area (Å²) in [6.07, 6.45) is 5.32. The second-order valence-electron chi connectivity index (χ2n) is 7.77. The number of likely N-dealkylation sites (N-methyl/N-ethyl adjacent to an activating group) is 1. The van der Waals surface area contributed by atoms with Gasteiger partial charge in [-0.1, -0.05) is 11.6 Å². The van der Waals surface area contributed by atoms with E-state index in [4.69, 9.17) is 0 Å². The van der Waals surface area contributed by atoms with Crippen LogP contribution in [0.1, 0.15) is 29.3 Å². The lowest BCUT2D eigenvalue weighted by Gasteiger charge is -2.24. The van der Waals surface area contributed by atoms with Gasteiger partial charge in [0.2, 0.25) is 0 Å². The third-order valence-corrected chi connectivity index (χ3v) is 5.65. The van der Waals surface area contributed by atoms with E-state index in [1.807, 2.05) is 0 Å².